The van der Waals surface area contributed by atoms with Crippen LogP contribution in [0.1, 0.15) is 19.3 Å². The van der Waals surface area contributed by atoms with Gasteiger partial charge in [-0.3, -0.25) is 9.59 Å². The van der Waals surface area contributed by atoms with Crippen LogP contribution in [0.15, 0.2) is 0 Å². The highest BCUT2D eigenvalue weighted by molar-refractivity contribution is 8.14. The topological polar surface area (TPSA) is 75.4 Å². The first-order chi connectivity index (χ1) is 7.72. The van der Waals surface area contributed by atoms with E-state index in [1.54, 1.807) is 0 Å². The molecule has 1 unspecified atom stereocenters. The van der Waals surface area contributed by atoms with Gasteiger partial charge in [0.2, 0.25) is 5.91 Å². The maximum Gasteiger partial charge on any atom is 0.279 e. The first kappa shape index (κ1) is 11.7. The molecular formula is C10H17N3O2S. The second kappa shape index (κ2) is 5.05. The van der Waals surface area contributed by atoms with Crippen LogP contribution in [0.25, 0.3) is 0 Å². The number of piperidine rings is 1. The third kappa shape index (κ3) is 2.32. The zero-order valence-electron chi connectivity index (χ0n) is 9.15. The van der Waals surface area contributed by atoms with Gasteiger partial charge in [-0.25, -0.2) is 0 Å². The number of carbonyl (C=O) groups is 2. The number of carbonyl (C=O) groups excluding carboxylic acids is 2. The smallest absolute Gasteiger partial charge is 0.279 e. The number of hydrogen-bond donors (Lipinski definition) is 2. The number of thioether (sulfide) groups is 1. The largest absolute Gasteiger partial charge is 0.337 e. The van der Waals surface area contributed by atoms with Crippen molar-refractivity contribution in [2.45, 2.75) is 31.3 Å². The highest BCUT2D eigenvalue weighted by atomic mass is 32.2. The summed E-state index contributed by atoms with van der Waals surface area (Å²) < 4.78 is 0. The predicted molar refractivity (Wildman–Crippen MR) is 63.2 cm³/mol. The van der Waals surface area contributed by atoms with Crippen LogP contribution in [0.5, 0.6) is 0 Å². The molecule has 2 amide bonds. The molecule has 0 bridgehead atoms. The monoisotopic (exact) mass is 243 g/mol. The van der Waals surface area contributed by atoms with Crippen LogP contribution in [0.3, 0.4) is 0 Å². The lowest BCUT2D eigenvalue weighted by Crippen LogP contribution is -2.53. The van der Waals surface area contributed by atoms with Crippen molar-refractivity contribution in [2.75, 3.05) is 18.8 Å². The molecule has 5 nitrogen and oxygen atoms in total. The van der Waals surface area contributed by atoms with Crippen molar-refractivity contribution in [3.05, 3.63) is 0 Å². The van der Waals surface area contributed by atoms with Gasteiger partial charge in [0.1, 0.15) is 6.04 Å². The number of nitrogens with zero attached hydrogens (tertiary/aromatic N) is 1. The molecule has 2 atom stereocenters. The van der Waals surface area contributed by atoms with Gasteiger partial charge in [0, 0.05) is 24.9 Å². The summed E-state index contributed by atoms with van der Waals surface area (Å²) in [6.07, 6.45) is 3.16. The van der Waals surface area contributed by atoms with Crippen LogP contribution in [0, 0.1) is 0 Å². The SMILES string of the molecule is NCC1CCCCN1C(=O)[C@@H]1CSC(=O)N1. The van der Waals surface area contributed by atoms with Gasteiger partial charge in [-0.15, -0.1) is 0 Å². The Morgan fingerprint density at radius 2 is 2.38 bits per heavy atom. The molecule has 2 rings (SSSR count). The Labute approximate surface area is 99.1 Å². The third-order valence-electron chi connectivity index (χ3n) is 3.15. The van der Waals surface area contributed by atoms with Crippen molar-refractivity contribution in [2.24, 2.45) is 5.73 Å². The molecular weight excluding hydrogens is 226 g/mol. The number of rotatable bonds is 2. The Kier molecular flexibility index (Phi) is 3.70. The molecule has 0 radical (unpaired) electrons. The van der Waals surface area contributed by atoms with Crippen LogP contribution < -0.4 is 11.1 Å². The van der Waals surface area contributed by atoms with Crippen LogP contribution in [-0.4, -0.2) is 47.0 Å². The molecule has 0 aromatic rings. The first-order valence-electron chi connectivity index (χ1n) is 5.66. The Hall–Kier alpha value is -0.750. The van der Waals surface area contributed by atoms with Crippen molar-refractivity contribution in [1.29, 1.82) is 0 Å². The van der Waals surface area contributed by atoms with Crippen LogP contribution >= 0.6 is 11.8 Å². The molecule has 6 heteroatoms. The van der Waals surface area contributed by atoms with E-state index in [4.69, 9.17) is 5.73 Å². The quantitative estimate of drug-likeness (QED) is 0.724. The minimum atomic E-state index is -0.343. The fraction of sp³-hybridized carbons (Fsp3) is 0.800. The average Bonchev–Trinajstić information content (AvgIpc) is 2.75. The van der Waals surface area contributed by atoms with Gasteiger partial charge in [0.15, 0.2) is 0 Å². The molecule has 90 valence electrons. The molecule has 0 aromatic heterocycles. The zero-order valence-corrected chi connectivity index (χ0v) is 9.96. The molecule has 2 heterocycles. The number of nitrogens with two attached hydrogens (primary N) is 1. The molecule has 2 aliphatic rings. The van der Waals surface area contributed by atoms with E-state index < -0.39 is 0 Å². The second-order valence-electron chi connectivity index (χ2n) is 4.21. The summed E-state index contributed by atoms with van der Waals surface area (Å²) in [5.41, 5.74) is 5.67. The molecule has 0 saturated carbocycles. The highest BCUT2D eigenvalue weighted by Crippen LogP contribution is 2.20. The minimum absolute atomic E-state index is 0.0356. The summed E-state index contributed by atoms with van der Waals surface area (Å²) in [6, 6.07) is -0.187. The van der Waals surface area contributed by atoms with Crippen molar-refractivity contribution in [3.63, 3.8) is 0 Å². The predicted octanol–water partition coefficient (Wildman–Crippen LogP) is 0.151. The Balaban J connectivity index is 1.99. The summed E-state index contributed by atoms with van der Waals surface area (Å²) in [5, 5.41) is 2.59. The number of nitrogens with one attached hydrogen (secondary N) is 1. The van der Waals surface area contributed by atoms with Gasteiger partial charge >= 0.3 is 0 Å². The summed E-state index contributed by atoms with van der Waals surface area (Å²) in [6.45, 7) is 1.29. The third-order valence-corrected chi connectivity index (χ3v) is 4.03. The minimum Gasteiger partial charge on any atom is -0.337 e. The van der Waals surface area contributed by atoms with E-state index >= 15 is 0 Å². The van der Waals surface area contributed by atoms with E-state index in [1.807, 2.05) is 4.90 Å². The number of amides is 2. The van der Waals surface area contributed by atoms with Crippen molar-refractivity contribution in [1.82, 2.24) is 10.2 Å². The normalized spacial score (nSPS) is 30.3. The standard InChI is InChI=1S/C10H17N3O2S/c11-5-7-3-1-2-4-13(7)9(14)8-6-16-10(15)12-8/h7-8H,1-6,11H2,(H,12,15)/t7?,8-/m0/s1. The van der Waals surface area contributed by atoms with Gasteiger partial charge in [-0.1, -0.05) is 11.8 Å². The van der Waals surface area contributed by atoms with Crippen LogP contribution in [-0.2, 0) is 4.79 Å². The number of likely N-dealkylation sites (tertiary alicyclic amines) is 1. The van der Waals surface area contributed by atoms with E-state index in [2.05, 4.69) is 5.32 Å². The average molecular weight is 243 g/mol. The maximum atomic E-state index is 12.2. The second-order valence-corrected chi connectivity index (χ2v) is 5.21. The molecule has 2 fully saturated rings. The van der Waals surface area contributed by atoms with Crippen molar-refractivity contribution < 1.29 is 9.59 Å². The van der Waals surface area contributed by atoms with Gasteiger partial charge in [-0.2, -0.15) is 0 Å². The lowest BCUT2D eigenvalue weighted by Gasteiger charge is -2.36. The maximum absolute atomic E-state index is 12.2. The molecule has 2 saturated heterocycles. The first-order valence-corrected chi connectivity index (χ1v) is 6.65. The molecule has 3 N–H and O–H groups in total. The van der Waals surface area contributed by atoms with Crippen molar-refractivity contribution >= 4 is 22.9 Å². The summed E-state index contributed by atoms with van der Waals surface area (Å²) >= 11 is 1.18. The highest BCUT2D eigenvalue weighted by Gasteiger charge is 2.34. The molecule has 16 heavy (non-hydrogen) atoms. The Morgan fingerprint density at radius 3 is 3.00 bits per heavy atom. The van der Waals surface area contributed by atoms with Crippen LogP contribution in [0.2, 0.25) is 0 Å². The zero-order chi connectivity index (χ0) is 11.5. The summed E-state index contributed by atoms with van der Waals surface area (Å²) in [7, 11) is 0. The molecule has 0 aliphatic carbocycles. The number of hydrogen-bond acceptors (Lipinski definition) is 4. The lowest BCUT2D eigenvalue weighted by atomic mass is 10.0. The van der Waals surface area contributed by atoms with E-state index in [1.165, 1.54) is 11.8 Å². The Bertz CT molecular complexity index is 298. The fourth-order valence-electron chi connectivity index (χ4n) is 2.25. The molecule has 2 aliphatic heterocycles. The molecule has 0 spiro atoms. The van der Waals surface area contributed by atoms with E-state index in [0.29, 0.717) is 12.3 Å². The van der Waals surface area contributed by atoms with Crippen LogP contribution in [0.4, 0.5) is 4.79 Å². The van der Waals surface area contributed by atoms with Gasteiger partial charge < -0.3 is 16.0 Å². The van der Waals surface area contributed by atoms with Gasteiger partial charge in [0.25, 0.3) is 5.24 Å². The van der Waals surface area contributed by atoms with E-state index in [-0.39, 0.29) is 23.2 Å². The Morgan fingerprint density at radius 1 is 1.56 bits per heavy atom. The van der Waals surface area contributed by atoms with Gasteiger partial charge in [-0.05, 0) is 19.3 Å². The van der Waals surface area contributed by atoms with Gasteiger partial charge in [0.05, 0.1) is 0 Å². The summed E-state index contributed by atoms with van der Waals surface area (Å²) in [5.74, 6) is 0.583. The molecule has 0 aromatic carbocycles. The lowest BCUT2D eigenvalue weighted by molar-refractivity contribution is -0.135. The van der Waals surface area contributed by atoms with E-state index in [0.717, 1.165) is 25.8 Å². The summed E-state index contributed by atoms with van der Waals surface area (Å²) in [4.78, 5) is 25.1. The van der Waals surface area contributed by atoms with Crippen molar-refractivity contribution in [3.8, 4) is 0 Å². The van der Waals surface area contributed by atoms with E-state index in [9.17, 15) is 9.59 Å². The fourth-order valence-corrected chi connectivity index (χ4v) is 3.02.